The van der Waals surface area contributed by atoms with Crippen molar-refractivity contribution in [2.24, 2.45) is 0 Å². The summed E-state index contributed by atoms with van der Waals surface area (Å²) >= 11 is 0. The van der Waals surface area contributed by atoms with Crippen LogP contribution in [0.15, 0.2) is 85.1 Å². The van der Waals surface area contributed by atoms with Crippen LogP contribution >= 0.6 is 0 Å². The van der Waals surface area contributed by atoms with Gasteiger partial charge in [0.2, 0.25) is 10.0 Å². The molecule has 122 valence electrons. The maximum Gasteiger partial charge on any atom is 0.233 e. The first-order valence-corrected chi connectivity index (χ1v) is 9.09. The molecule has 0 spiro atoms. The van der Waals surface area contributed by atoms with Gasteiger partial charge in [-0.1, -0.05) is 54.6 Å². The Labute approximate surface area is 141 Å². The first-order chi connectivity index (χ1) is 11.6. The lowest BCUT2D eigenvalue weighted by Crippen LogP contribution is -2.40. The predicted molar refractivity (Wildman–Crippen MR) is 95.0 cm³/mol. The Morgan fingerprint density at radius 3 is 2.08 bits per heavy atom. The Hall–Kier alpha value is -2.70. The van der Waals surface area contributed by atoms with E-state index in [9.17, 15) is 8.42 Å². The fraction of sp³-hybridized carbons (Fsp3) is 0.0556. The third-order valence-corrected chi connectivity index (χ3v) is 4.50. The Bertz CT molecular complexity index is 830. The molecule has 6 heteroatoms. The number of para-hydroxylation sites is 1. The van der Waals surface area contributed by atoms with Crippen LogP contribution < -0.4 is 9.84 Å². The van der Waals surface area contributed by atoms with Crippen molar-refractivity contribution in [1.82, 2.24) is 9.82 Å². The molecule has 0 unspecified atom stereocenters. The largest absolute Gasteiger partial charge is 0.246 e. The smallest absolute Gasteiger partial charge is 0.233 e. The number of rotatable bonds is 6. The van der Waals surface area contributed by atoms with Crippen molar-refractivity contribution >= 4 is 21.5 Å². The molecule has 1 aromatic heterocycles. The quantitative estimate of drug-likeness (QED) is 0.700. The van der Waals surface area contributed by atoms with Crippen LogP contribution in [0.5, 0.6) is 0 Å². The Kier molecular flexibility index (Phi) is 4.88. The van der Waals surface area contributed by atoms with Gasteiger partial charge in [0, 0.05) is 6.20 Å². The van der Waals surface area contributed by atoms with Crippen LogP contribution in [0.2, 0.25) is 0 Å². The van der Waals surface area contributed by atoms with Gasteiger partial charge in [-0.05, 0) is 29.8 Å². The molecular weight excluding hydrogens is 322 g/mol. The lowest BCUT2D eigenvalue weighted by Gasteiger charge is -2.24. The highest BCUT2D eigenvalue weighted by molar-refractivity contribution is 7.88. The van der Waals surface area contributed by atoms with Crippen molar-refractivity contribution < 1.29 is 8.42 Å². The third kappa shape index (κ3) is 4.18. The summed E-state index contributed by atoms with van der Waals surface area (Å²) in [5.74, 6) is 0.393. The minimum absolute atomic E-state index is 0.107. The van der Waals surface area contributed by atoms with Crippen molar-refractivity contribution in [1.29, 1.82) is 0 Å². The van der Waals surface area contributed by atoms with E-state index in [0.29, 0.717) is 11.5 Å². The summed E-state index contributed by atoms with van der Waals surface area (Å²) in [6.07, 6.45) is 1.62. The molecule has 5 nitrogen and oxygen atoms in total. The van der Waals surface area contributed by atoms with Crippen LogP contribution in [0.25, 0.3) is 0 Å². The van der Waals surface area contributed by atoms with Gasteiger partial charge in [-0.2, -0.15) is 0 Å². The molecule has 1 N–H and O–H groups in total. The topological polar surface area (TPSA) is 62.3 Å². The number of nitrogens with zero attached hydrogens (tertiary/aromatic N) is 2. The summed E-state index contributed by atoms with van der Waals surface area (Å²) in [5.41, 5.74) is 1.41. The average Bonchev–Trinajstić information content (AvgIpc) is 2.62. The minimum Gasteiger partial charge on any atom is -0.246 e. The Morgan fingerprint density at radius 2 is 1.46 bits per heavy atom. The average molecular weight is 339 g/mol. The molecule has 0 amide bonds. The summed E-state index contributed by atoms with van der Waals surface area (Å²) in [6.45, 7) is 0. The number of anilines is 2. The second kappa shape index (κ2) is 7.25. The van der Waals surface area contributed by atoms with Gasteiger partial charge in [0.25, 0.3) is 0 Å². The second-order valence-electron chi connectivity index (χ2n) is 5.19. The summed E-state index contributed by atoms with van der Waals surface area (Å²) in [4.78, 5) is 6.86. The van der Waals surface area contributed by atoms with Gasteiger partial charge in [-0.3, -0.25) is 0 Å². The molecule has 24 heavy (non-hydrogen) atoms. The van der Waals surface area contributed by atoms with Crippen LogP contribution in [-0.2, 0) is 15.8 Å². The van der Waals surface area contributed by atoms with E-state index in [1.54, 1.807) is 30.5 Å². The van der Waals surface area contributed by atoms with Crippen molar-refractivity contribution in [3.05, 3.63) is 90.6 Å². The van der Waals surface area contributed by atoms with E-state index in [4.69, 9.17) is 0 Å². The lowest BCUT2D eigenvalue weighted by molar-refractivity contribution is 0.581. The first-order valence-electron chi connectivity index (χ1n) is 7.44. The molecule has 0 atom stereocenters. The SMILES string of the molecule is O=S(=O)(Cc1ccccc1)NN(c1ccccc1)c1ccccn1. The maximum absolute atomic E-state index is 12.6. The number of hydrogen-bond acceptors (Lipinski definition) is 4. The van der Waals surface area contributed by atoms with Crippen LogP contribution in [0, 0.1) is 0 Å². The standard InChI is InChI=1S/C18H17N3O2S/c22-24(23,15-16-9-3-1-4-10-16)20-21(17-11-5-2-6-12-17)18-13-7-8-14-19-18/h1-14,20H,15H2. The zero-order valence-corrected chi connectivity index (χ0v) is 13.7. The van der Waals surface area contributed by atoms with E-state index in [2.05, 4.69) is 9.82 Å². The second-order valence-corrected chi connectivity index (χ2v) is 6.90. The highest BCUT2D eigenvalue weighted by Crippen LogP contribution is 2.21. The highest BCUT2D eigenvalue weighted by atomic mass is 32.2. The minimum atomic E-state index is -3.59. The normalized spacial score (nSPS) is 11.2. The summed E-state index contributed by atoms with van der Waals surface area (Å²) < 4.78 is 25.2. The molecule has 0 saturated heterocycles. The molecule has 0 fully saturated rings. The molecule has 0 aliphatic rings. The molecule has 0 radical (unpaired) electrons. The molecule has 3 aromatic rings. The van der Waals surface area contributed by atoms with E-state index in [1.807, 2.05) is 54.6 Å². The fourth-order valence-electron chi connectivity index (χ4n) is 2.26. The van der Waals surface area contributed by atoms with Crippen LogP contribution in [0.3, 0.4) is 0 Å². The van der Waals surface area contributed by atoms with Crippen LogP contribution in [0.1, 0.15) is 5.56 Å². The van der Waals surface area contributed by atoms with Gasteiger partial charge < -0.3 is 0 Å². The van der Waals surface area contributed by atoms with Gasteiger partial charge in [0.15, 0.2) is 0 Å². The molecule has 3 rings (SSSR count). The van der Waals surface area contributed by atoms with Gasteiger partial charge in [0.05, 0.1) is 11.4 Å². The summed E-state index contributed by atoms with van der Waals surface area (Å²) in [7, 11) is -3.59. The number of benzene rings is 2. The molecule has 1 heterocycles. The van der Waals surface area contributed by atoms with Crippen molar-refractivity contribution in [2.45, 2.75) is 5.75 Å². The van der Waals surface area contributed by atoms with Crippen molar-refractivity contribution in [3.63, 3.8) is 0 Å². The van der Waals surface area contributed by atoms with Gasteiger partial charge in [0.1, 0.15) is 5.82 Å². The predicted octanol–water partition coefficient (Wildman–Crippen LogP) is 3.25. The number of hydrazine groups is 1. The lowest BCUT2D eigenvalue weighted by atomic mass is 10.2. The van der Waals surface area contributed by atoms with E-state index < -0.39 is 10.0 Å². The monoisotopic (exact) mass is 339 g/mol. The van der Waals surface area contributed by atoms with Gasteiger partial charge in [-0.15, -0.1) is 4.83 Å². The Balaban J connectivity index is 1.89. The zero-order valence-electron chi connectivity index (χ0n) is 12.9. The van der Waals surface area contributed by atoms with E-state index >= 15 is 0 Å². The molecule has 0 saturated carbocycles. The molecule has 0 aliphatic carbocycles. The highest BCUT2D eigenvalue weighted by Gasteiger charge is 2.19. The van der Waals surface area contributed by atoms with E-state index in [0.717, 1.165) is 5.56 Å². The molecular formula is C18H17N3O2S. The number of aromatic nitrogens is 1. The van der Waals surface area contributed by atoms with Gasteiger partial charge >= 0.3 is 0 Å². The molecule has 2 aromatic carbocycles. The van der Waals surface area contributed by atoms with Crippen LogP contribution in [-0.4, -0.2) is 13.4 Å². The van der Waals surface area contributed by atoms with Crippen molar-refractivity contribution in [2.75, 3.05) is 5.01 Å². The molecule has 0 bridgehead atoms. The maximum atomic E-state index is 12.6. The first kappa shape index (κ1) is 16.2. The summed E-state index contributed by atoms with van der Waals surface area (Å²) in [5, 5.41) is 1.47. The number of nitrogens with one attached hydrogen (secondary N) is 1. The summed E-state index contributed by atoms with van der Waals surface area (Å²) in [6, 6.07) is 23.6. The van der Waals surface area contributed by atoms with E-state index in [-0.39, 0.29) is 5.75 Å². The third-order valence-electron chi connectivity index (χ3n) is 3.32. The fourth-order valence-corrected chi connectivity index (χ4v) is 3.43. The van der Waals surface area contributed by atoms with E-state index in [1.165, 1.54) is 5.01 Å². The number of sulfonamides is 1. The van der Waals surface area contributed by atoms with Crippen LogP contribution in [0.4, 0.5) is 11.5 Å². The molecule has 0 aliphatic heterocycles. The van der Waals surface area contributed by atoms with Gasteiger partial charge in [-0.25, -0.2) is 18.4 Å². The number of hydrogen-bond donors (Lipinski definition) is 1. The number of pyridine rings is 1. The zero-order chi connectivity index (χ0) is 16.8. The van der Waals surface area contributed by atoms with Crippen molar-refractivity contribution in [3.8, 4) is 0 Å². The Morgan fingerprint density at radius 1 is 0.833 bits per heavy atom.